The van der Waals surface area contributed by atoms with Gasteiger partial charge in [0.05, 0.1) is 17.5 Å². The van der Waals surface area contributed by atoms with Crippen LogP contribution in [0.25, 0.3) is 0 Å². The molecule has 0 spiro atoms. The Hall–Kier alpha value is -0.990. The summed E-state index contributed by atoms with van der Waals surface area (Å²) < 4.78 is 35.9. The first-order valence-electron chi connectivity index (χ1n) is 5.38. The van der Waals surface area contributed by atoms with Gasteiger partial charge in [0.25, 0.3) is 0 Å². The van der Waals surface area contributed by atoms with Crippen LogP contribution in [0.15, 0.2) is 22.7 Å². The third-order valence-electron chi connectivity index (χ3n) is 2.33. The number of carbonyl (C=O) groups is 1. The number of halogens is 2. The van der Waals surface area contributed by atoms with Crippen molar-refractivity contribution >= 4 is 37.4 Å². The molecule has 1 aromatic rings. The molecule has 3 N–H and O–H groups in total. The summed E-state index contributed by atoms with van der Waals surface area (Å²) in [6.07, 6.45) is 1.05. The van der Waals surface area contributed by atoms with Gasteiger partial charge in [0.15, 0.2) is 0 Å². The van der Waals surface area contributed by atoms with E-state index in [1.807, 2.05) is 0 Å². The maximum absolute atomic E-state index is 13.5. The third kappa shape index (κ3) is 5.66. The summed E-state index contributed by atoms with van der Waals surface area (Å²) >= 11 is 3.09. The van der Waals surface area contributed by atoms with Crippen LogP contribution in [0, 0.1) is 5.82 Å². The average molecular weight is 353 g/mol. The lowest BCUT2D eigenvalue weighted by molar-refractivity contribution is -0.117. The van der Waals surface area contributed by atoms with E-state index in [1.165, 1.54) is 12.1 Å². The molecule has 0 aliphatic carbocycles. The zero-order chi connectivity index (χ0) is 14.6. The van der Waals surface area contributed by atoms with Gasteiger partial charge < -0.3 is 11.1 Å². The summed E-state index contributed by atoms with van der Waals surface area (Å²) in [7, 11) is -3.18. The van der Waals surface area contributed by atoms with E-state index in [2.05, 4.69) is 21.2 Å². The highest BCUT2D eigenvalue weighted by molar-refractivity contribution is 9.10. The summed E-state index contributed by atoms with van der Waals surface area (Å²) in [5, 5.41) is 2.32. The van der Waals surface area contributed by atoms with Crippen molar-refractivity contribution in [3.05, 3.63) is 28.5 Å². The predicted octanol–water partition coefficient (Wildman–Crippen LogP) is 1.29. The third-order valence-corrected chi connectivity index (χ3v) is 3.80. The minimum atomic E-state index is -3.18. The quantitative estimate of drug-likeness (QED) is 0.835. The van der Waals surface area contributed by atoms with Gasteiger partial charge in [-0.15, -0.1) is 0 Å². The summed E-state index contributed by atoms with van der Waals surface area (Å²) in [6, 6.07) is 3.16. The highest BCUT2D eigenvalue weighted by atomic mass is 79.9. The van der Waals surface area contributed by atoms with Crippen LogP contribution in [0.3, 0.4) is 0 Å². The van der Waals surface area contributed by atoms with Crippen LogP contribution < -0.4 is 11.1 Å². The van der Waals surface area contributed by atoms with Crippen molar-refractivity contribution in [2.24, 2.45) is 5.73 Å². The Balaban J connectivity index is 2.64. The first-order chi connectivity index (χ1) is 8.69. The Labute approximate surface area is 119 Å². The van der Waals surface area contributed by atoms with E-state index in [0.717, 1.165) is 6.26 Å². The molecule has 106 valence electrons. The molecule has 1 amide bonds. The molecule has 1 unspecified atom stereocenters. The number of rotatable bonds is 5. The van der Waals surface area contributed by atoms with Crippen molar-refractivity contribution in [2.75, 3.05) is 17.3 Å². The van der Waals surface area contributed by atoms with Crippen molar-refractivity contribution < 1.29 is 17.6 Å². The van der Waals surface area contributed by atoms with Gasteiger partial charge >= 0.3 is 0 Å². The van der Waals surface area contributed by atoms with Gasteiger partial charge in [0.2, 0.25) is 5.91 Å². The van der Waals surface area contributed by atoms with Gasteiger partial charge in [-0.3, -0.25) is 4.79 Å². The fraction of sp³-hybridized carbons (Fsp3) is 0.364. The number of anilines is 1. The van der Waals surface area contributed by atoms with E-state index in [1.54, 1.807) is 6.07 Å². The number of nitrogens with two attached hydrogens (primary N) is 1. The molecule has 1 atom stereocenters. The number of sulfone groups is 1. The summed E-state index contributed by atoms with van der Waals surface area (Å²) in [4.78, 5) is 11.7. The smallest absolute Gasteiger partial charge is 0.241 e. The Morgan fingerprint density at radius 3 is 2.68 bits per heavy atom. The molecule has 0 radical (unpaired) electrons. The molecular formula is C11H14BrFN2O3S. The number of hydrogen-bond acceptors (Lipinski definition) is 4. The number of amides is 1. The van der Waals surface area contributed by atoms with Crippen molar-refractivity contribution in [2.45, 2.75) is 12.5 Å². The van der Waals surface area contributed by atoms with E-state index in [0.29, 0.717) is 4.47 Å². The standard InChI is InChI=1S/C11H14BrFN2O3S/c1-19(17,18)5-4-9(14)11(16)15-10-3-2-7(12)6-8(10)13/h2-3,6,9H,4-5,14H2,1H3,(H,15,16). The highest BCUT2D eigenvalue weighted by Gasteiger charge is 2.17. The Morgan fingerprint density at radius 1 is 1.53 bits per heavy atom. The molecule has 1 rings (SSSR count). The molecule has 0 bridgehead atoms. The lowest BCUT2D eigenvalue weighted by Crippen LogP contribution is -2.37. The first kappa shape index (κ1) is 16.1. The topological polar surface area (TPSA) is 89.3 Å². The maximum atomic E-state index is 13.5. The van der Waals surface area contributed by atoms with Gasteiger partial charge in [0, 0.05) is 10.7 Å². The fourth-order valence-corrected chi connectivity index (χ4v) is 2.30. The zero-order valence-electron chi connectivity index (χ0n) is 10.2. The van der Waals surface area contributed by atoms with E-state index in [-0.39, 0.29) is 17.9 Å². The minimum Gasteiger partial charge on any atom is -0.322 e. The van der Waals surface area contributed by atoms with E-state index in [4.69, 9.17) is 5.73 Å². The Kier molecular flexibility index (Phi) is 5.45. The van der Waals surface area contributed by atoms with Crippen LogP contribution in [-0.4, -0.2) is 32.4 Å². The SMILES string of the molecule is CS(=O)(=O)CCC(N)C(=O)Nc1ccc(Br)cc1F. The van der Waals surface area contributed by atoms with E-state index < -0.39 is 27.6 Å². The molecule has 0 fully saturated rings. The van der Waals surface area contributed by atoms with Crippen molar-refractivity contribution in [3.8, 4) is 0 Å². The monoisotopic (exact) mass is 352 g/mol. The van der Waals surface area contributed by atoms with Gasteiger partial charge in [-0.25, -0.2) is 12.8 Å². The normalized spacial score (nSPS) is 13.1. The number of nitrogens with one attached hydrogen (secondary N) is 1. The van der Waals surface area contributed by atoms with Crippen LogP contribution in [0.4, 0.5) is 10.1 Å². The second-order valence-corrected chi connectivity index (χ2v) is 7.31. The van der Waals surface area contributed by atoms with Gasteiger partial charge in [-0.05, 0) is 24.6 Å². The van der Waals surface area contributed by atoms with Crippen molar-refractivity contribution in [1.82, 2.24) is 0 Å². The summed E-state index contributed by atoms with van der Waals surface area (Å²) in [5.74, 6) is -1.41. The van der Waals surface area contributed by atoms with Gasteiger partial charge in [-0.2, -0.15) is 0 Å². The second kappa shape index (κ2) is 6.44. The molecule has 0 aliphatic rings. The van der Waals surface area contributed by atoms with E-state index >= 15 is 0 Å². The van der Waals surface area contributed by atoms with Crippen LogP contribution in [0.2, 0.25) is 0 Å². The maximum Gasteiger partial charge on any atom is 0.241 e. The largest absolute Gasteiger partial charge is 0.322 e. The molecule has 0 saturated heterocycles. The molecule has 0 heterocycles. The molecule has 8 heteroatoms. The molecular weight excluding hydrogens is 339 g/mol. The molecule has 0 saturated carbocycles. The molecule has 0 aliphatic heterocycles. The Morgan fingerprint density at radius 2 is 2.16 bits per heavy atom. The average Bonchev–Trinajstić information content (AvgIpc) is 2.28. The van der Waals surface area contributed by atoms with Crippen molar-refractivity contribution in [3.63, 3.8) is 0 Å². The summed E-state index contributed by atoms with van der Waals surface area (Å²) in [6.45, 7) is 0. The fourth-order valence-electron chi connectivity index (χ4n) is 1.29. The van der Waals surface area contributed by atoms with Gasteiger partial charge in [-0.1, -0.05) is 15.9 Å². The van der Waals surface area contributed by atoms with Crippen LogP contribution in [0.1, 0.15) is 6.42 Å². The highest BCUT2D eigenvalue weighted by Crippen LogP contribution is 2.19. The number of carbonyl (C=O) groups excluding carboxylic acids is 1. The minimum absolute atomic E-state index is 0.00278. The number of benzene rings is 1. The van der Waals surface area contributed by atoms with Crippen LogP contribution in [0.5, 0.6) is 0 Å². The van der Waals surface area contributed by atoms with Crippen LogP contribution in [-0.2, 0) is 14.6 Å². The summed E-state index contributed by atoms with van der Waals surface area (Å²) in [5.41, 5.74) is 5.55. The zero-order valence-corrected chi connectivity index (χ0v) is 12.6. The van der Waals surface area contributed by atoms with E-state index in [9.17, 15) is 17.6 Å². The van der Waals surface area contributed by atoms with Crippen LogP contribution >= 0.6 is 15.9 Å². The second-order valence-electron chi connectivity index (χ2n) is 4.14. The number of hydrogen-bond donors (Lipinski definition) is 2. The molecule has 19 heavy (non-hydrogen) atoms. The predicted molar refractivity (Wildman–Crippen MR) is 75.0 cm³/mol. The van der Waals surface area contributed by atoms with Gasteiger partial charge in [0.1, 0.15) is 15.7 Å². The molecule has 1 aromatic carbocycles. The lowest BCUT2D eigenvalue weighted by Gasteiger charge is -2.12. The first-order valence-corrected chi connectivity index (χ1v) is 8.23. The lowest BCUT2D eigenvalue weighted by atomic mass is 10.2. The Bertz CT molecular complexity index is 577. The molecule has 0 aromatic heterocycles. The molecule has 5 nitrogen and oxygen atoms in total. The van der Waals surface area contributed by atoms with Crippen molar-refractivity contribution in [1.29, 1.82) is 0 Å².